The van der Waals surface area contributed by atoms with Crippen LogP contribution in [-0.4, -0.2) is 61.4 Å². The SMILES string of the molecule is O=C(C1CCOCC1)N(CCO)CC1CCCN1. The molecule has 2 saturated heterocycles. The van der Waals surface area contributed by atoms with E-state index in [1.807, 2.05) is 4.90 Å². The van der Waals surface area contributed by atoms with E-state index in [4.69, 9.17) is 9.84 Å². The molecule has 2 fully saturated rings. The quantitative estimate of drug-likeness (QED) is 0.726. The molecule has 104 valence electrons. The number of carbonyl (C=O) groups excluding carboxylic acids is 1. The highest BCUT2D eigenvalue weighted by molar-refractivity contribution is 5.79. The molecular weight excluding hydrogens is 232 g/mol. The number of aliphatic hydroxyl groups excluding tert-OH is 1. The molecule has 1 atom stereocenters. The molecule has 18 heavy (non-hydrogen) atoms. The van der Waals surface area contributed by atoms with Crippen LogP contribution in [0.15, 0.2) is 0 Å². The van der Waals surface area contributed by atoms with Crippen LogP contribution in [0.25, 0.3) is 0 Å². The van der Waals surface area contributed by atoms with Gasteiger partial charge in [0.15, 0.2) is 0 Å². The van der Waals surface area contributed by atoms with Gasteiger partial charge in [-0.2, -0.15) is 0 Å². The molecule has 0 radical (unpaired) electrons. The van der Waals surface area contributed by atoms with E-state index in [2.05, 4.69) is 5.32 Å². The molecule has 2 N–H and O–H groups in total. The van der Waals surface area contributed by atoms with Crippen molar-refractivity contribution in [2.75, 3.05) is 39.5 Å². The predicted octanol–water partition coefficient (Wildman–Crippen LogP) is -0.0141. The van der Waals surface area contributed by atoms with Gasteiger partial charge in [0.2, 0.25) is 5.91 Å². The number of nitrogens with zero attached hydrogens (tertiary/aromatic N) is 1. The van der Waals surface area contributed by atoms with Crippen LogP contribution in [0.2, 0.25) is 0 Å². The fraction of sp³-hybridized carbons (Fsp3) is 0.923. The zero-order valence-corrected chi connectivity index (χ0v) is 10.9. The third-order valence-electron chi connectivity index (χ3n) is 3.86. The van der Waals surface area contributed by atoms with Crippen LogP contribution in [0.3, 0.4) is 0 Å². The van der Waals surface area contributed by atoms with Gasteiger partial charge in [-0.25, -0.2) is 0 Å². The van der Waals surface area contributed by atoms with Crippen molar-refractivity contribution in [2.24, 2.45) is 5.92 Å². The molecule has 0 spiro atoms. The van der Waals surface area contributed by atoms with Crippen molar-refractivity contribution in [3.63, 3.8) is 0 Å². The summed E-state index contributed by atoms with van der Waals surface area (Å²) in [6, 6.07) is 0.403. The summed E-state index contributed by atoms with van der Waals surface area (Å²) in [5.41, 5.74) is 0. The Kier molecular flexibility index (Phi) is 5.41. The van der Waals surface area contributed by atoms with Crippen LogP contribution in [0.5, 0.6) is 0 Å². The van der Waals surface area contributed by atoms with Crippen LogP contribution in [0.1, 0.15) is 25.7 Å². The minimum absolute atomic E-state index is 0.0433. The average molecular weight is 256 g/mol. The third-order valence-corrected chi connectivity index (χ3v) is 3.86. The average Bonchev–Trinajstić information content (AvgIpc) is 2.91. The minimum atomic E-state index is 0.0433. The maximum Gasteiger partial charge on any atom is 0.225 e. The molecule has 0 aromatic carbocycles. The number of carbonyl (C=O) groups is 1. The number of ether oxygens (including phenoxy) is 1. The zero-order chi connectivity index (χ0) is 12.8. The minimum Gasteiger partial charge on any atom is -0.395 e. The van der Waals surface area contributed by atoms with E-state index in [1.165, 1.54) is 6.42 Å². The summed E-state index contributed by atoms with van der Waals surface area (Å²) in [5, 5.41) is 12.5. The smallest absolute Gasteiger partial charge is 0.225 e. The van der Waals surface area contributed by atoms with Crippen molar-refractivity contribution in [3.8, 4) is 0 Å². The molecule has 1 unspecified atom stereocenters. The van der Waals surface area contributed by atoms with E-state index < -0.39 is 0 Å². The molecule has 2 aliphatic rings. The van der Waals surface area contributed by atoms with Gasteiger partial charge in [-0.3, -0.25) is 4.79 Å². The Morgan fingerprint density at radius 1 is 1.33 bits per heavy atom. The Morgan fingerprint density at radius 3 is 2.72 bits per heavy atom. The Balaban J connectivity index is 1.87. The Hall–Kier alpha value is -0.650. The summed E-state index contributed by atoms with van der Waals surface area (Å²) in [6.45, 7) is 3.64. The number of rotatable bonds is 5. The van der Waals surface area contributed by atoms with Crippen molar-refractivity contribution < 1.29 is 14.6 Å². The Bertz CT molecular complexity index is 261. The van der Waals surface area contributed by atoms with Gasteiger partial charge in [0.1, 0.15) is 0 Å². The van der Waals surface area contributed by atoms with Gasteiger partial charge < -0.3 is 20.1 Å². The van der Waals surface area contributed by atoms with Gasteiger partial charge in [0, 0.05) is 38.3 Å². The highest BCUT2D eigenvalue weighted by Gasteiger charge is 2.28. The van der Waals surface area contributed by atoms with Gasteiger partial charge >= 0.3 is 0 Å². The molecule has 0 bridgehead atoms. The lowest BCUT2D eigenvalue weighted by molar-refractivity contribution is -0.139. The van der Waals surface area contributed by atoms with Crippen LogP contribution < -0.4 is 5.32 Å². The van der Waals surface area contributed by atoms with Gasteiger partial charge in [0.05, 0.1) is 6.61 Å². The van der Waals surface area contributed by atoms with Crippen LogP contribution in [0.4, 0.5) is 0 Å². The first-order valence-electron chi connectivity index (χ1n) is 7.02. The number of amides is 1. The molecule has 0 aliphatic carbocycles. The fourth-order valence-electron chi connectivity index (χ4n) is 2.79. The highest BCUT2D eigenvalue weighted by Crippen LogP contribution is 2.18. The molecule has 2 aliphatic heterocycles. The summed E-state index contributed by atoms with van der Waals surface area (Å²) in [5.74, 6) is 0.285. The lowest BCUT2D eigenvalue weighted by Gasteiger charge is -2.30. The molecule has 2 heterocycles. The standard InChI is InChI=1S/C13H24N2O3/c16-7-6-15(10-12-2-1-5-14-12)13(17)11-3-8-18-9-4-11/h11-12,14,16H,1-10H2. The summed E-state index contributed by atoms with van der Waals surface area (Å²) >= 11 is 0. The number of aliphatic hydroxyl groups is 1. The topological polar surface area (TPSA) is 61.8 Å². The second-order valence-corrected chi connectivity index (χ2v) is 5.19. The maximum atomic E-state index is 12.4. The molecule has 0 aromatic rings. The normalized spacial score (nSPS) is 25.3. The van der Waals surface area contributed by atoms with Crippen molar-refractivity contribution in [2.45, 2.75) is 31.7 Å². The predicted molar refractivity (Wildman–Crippen MR) is 68.2 cm³/mol. The van der Waals surface area contributed by atoms with E-state index in [1.54, 1.807) is 0 Å². The molecule has 0 aromatic heterocycles. The molecular formula is C13H24N2O3. The summed E-state index contributed by atoms with van der Waals surface area (Å²) < 4.78 is 5.29. The van der Waals surface area contributed by atoms with E-state index in [9.17, 15) is 4.79 Å². The first-order valence-corrected chi connectivity index (χ1v) is 7.02. The third kappa shape index (κ3) is 3.67. The second-order valence-electron chi connectivity index (χ2n) is 5.19. The van der Waals surface area contributed by atoms with E-state index in [0.29, 0.717) is 25.8 Å². The van der Waals surface area contributed by atoms with E-state index in [-0.39, 0.29) is 18.4 Å². The molecule has 5 nitrogen and oxygen atoms in total. The first-order chi connectivity index (χ1) is 8.81. The van der Waals surface area contributed by atoms with E-state index in [0.717, 1.165) is 32.4 Å². The summed E-state index contributed by atoms with van der Waals surface area (Å²) in [7, 11) is 0. The number of hydrogen-bond acceptors (Lipinski definition) is 4. The largest absolute Gasteiger partial charge is 0.395 e. The lowest BCUT2D eigenvalue weighted by atomic mass is 9.98. The second kappa shape index (κ2) is 7.07. The van der Waals surface area contributed by atoms with Gasteiger partial charge in [-0.1, -0.05) is 0 Å². The summed E-state index contributed by atoms with van der Waals surface area (Å²) in [6.07, 6.45) is 3.95. The van der Waals surface area contributed by atoms with Crippen molar-refractivity contribution >= 4 is 5.91 Å². The highest BCUT2D eigenvalue weighted by atomic mass is 16.5. The van der Waals surface area contributed by atoms with Crippen LogP contribution >= 0.6 is 0 Å². The molecule has 5 heteroatoms. The van der Waals surface area contributed by atoms with Gasteiger partial charge in [0.25, 0.3) is 0 Å². The van der Waals surface area contributed by atoms with Crippen molar-refractivity contribution in [3.05, 3.63) is 0 Å². The summed E-state index contributed by atoms with van der Waals surface area (Å²) in [4.78, 5) is 14.2. The number of nitrogens with one attached hydrogen (secondary N) is 1. The van der Waals surface area contributed by atoms with Crippen molar-refractivity contribution in [1.82, 2.24) is 10.2 Å². The number of hydrogen-bond donors (Lipinski definition) is 2. The van der Waals surface area contributed by atoms with Crippen molar-refractivity contribution in [1.29, 1.82) is 0 Å². The van der Waals surface area contributed by atoms with Crippen LogP contribution in [0, 0.1) is 5.92 Å². The Morgan fingerprint density at radius 2 is 2.11 bits per heavy atom. The maximum absolute atomic E-state index is 12.4. The molecule has 2 rings (SSSR count). The fourth-order valence-corrected chi connectivity index (χ4v) is 2.79. The van der Waals surface area contributed by atoms with Crippen LogP contribution in [-0.2, 0) is 9.53 Å². The molecule has 0 saturated carbocycles. The lowest BCUT2D eigenvalue weighted by Crippen LogP contribution is -2.45. The van der Waals surface area contributed by atoms with Gasteiger partial charge in [-0.15, -0.1) is 0 Å². The molecule has 1 amide bonds. The monoisotopic (exact) mass is 256 g/mol. The van der Waals surface area contributed by atoms with Gasteiger partial charge in [-0.05, 0) is 32.2 Å². The van der Waals surface area contributed by atoms with E-state index >= 15 is 0 Å². The zero-order valence-electron chi connectivity index (χ0n) is 10.9. The first kappa shape index (κ1) is 13.8. The Labute approximate surface area is 108 Å².